The van der Waals surface area contributed by atoms with Crippen molar-refractivity contribution in [3.05, 3.63) is 88.4 Å². The molecule has 2 aliphatic heterocycles. The minimum atomic E-state index is 0.207. The average molecular weight is 418 g/mol. The van der Waals surface area contributed by atoms with E-state index in [9.17, 15) is 4.79 Å². The number of likely N-dealkylation sites (tertiary alicyclic amines) is 1. The molecule has 1 aromatic carbocycles. The third kappa shape index (κ3) is 4.50. The fourth-order valence-corrected chi connectivity index (χ4v) is 5.26. The molecule has 2 aliphatic rings. The van der Waals surface area contributed by atoms with E-state index in [-0.39, 0.29) is 5.56 Å². The Morgan fingerprint density at radius 2 is 1.97 bits per heavy atom. The molecule has 0 saturated carbocycles. The van der Waals surface area contributed by atoms with E-state index < -0.39 is 0 Å². The zero-order valence-electron chi connectivity index (χ0n) is 18.2. The van der Waals surface area contributed by atoms with Crippen molar-refractivity contribution in [1.29, 1.82) is 0 Å². The third-order valence-corrected chi connectivity index (χ3v) is 6.75. The fraction of sp³-hybridized carbons (Fsp3) is 0.440. The van der Waals surface area contributed by atoms with Crippen LogP contribution in [0.3, 0.4) is 0 Å². The van der Waals surface area contributed by atoms with E-state index in [0.29, 0.717) is 18.4 Å². The first kappa shape index (κ1) is 20.2. The van der Waals surface area contributed by atoms with Gasteiger partial charge in [0.15, 0.2) is 0 Å². The molecule has 0 aliphatic carbocycles. The molecular weight excluding hydrogens is 386 g/mol. The van der Waals surface area contributed by atoms with Gasteiger partial charge in [-0.1, -0.05) is 36.4 Å². The molecule has 6 heteroatoms. The highest BCUT2D eigenvalue weighted by molar-refractivity contribution is 5.23. The molecule has 6 nitrogen and oxygen atoms in total. The van der Waals surface area contributed by atoms with E-state index in [4.69, 9.17) is 0 Å². The molecule has 2 bridgehead atoms. The van der Waals surface area contributed by atoms with Gasteiger partial charge in [-0.25, -0.2) is 4.98 Å². The quantitative estimate of drug-likeness (QED) is 0.593. The molecule has 1 saturated heterocycles. The summed E-state index contributed by atoms with van der Waals surface area (Å²) in [6, 6.07) is 15.0. The van der Waals surface area contributed by atoms with E-state index >= 15 is 0 Å². The van der Waals surface area contributed by atoms with Crippen molar-refractivity contribution in [2.75, 3.05) is 26.7 Å². The summed E-state index contributed by atoms with van der Waals surface area (Å²) in [5, 5.41) is 0. The van der Waals surface area contributed by atoms with Crippen LogP contribution in [0.5, 0.6) is 0 Å². The Hall–Kier alpha value is -2.70. The summed E-state index contributed by atoms with van der Waals surface area (Å²) < 4.78 is 4.15. The van der Waals surface area contributed by atoms with Crippen LogP contribution in [-0.2, 0) is 26.2 Å². The Bertz CT molecular complexity index is 1060. The van der Waals surface area contributed by atoms with Crippen molar-refractivity contribution in [1.82, 2.24) is 23.9 Å². The second kappa shape index (κ2) is 8.81. The highest BCUT2D eigenvalue weighted by Crippen LogP contribution is 2.35. The van der Waals surface area contributed by atoms with Crippen LogP contribution in [0, 0.1) is 5.92 Å². The summed E-state index contributed by atoms with van der Waals surface area (Å²) in [5.41, 5.74) is 3.70. The molecule has 0 N–H and O–H groups in total. The number of pyridine rings is 1. The molecule has 0 unspecified atom stereocenters. The number of fused-ring (bicyclic) bond motifs is 4. The summed E-state index contributed by atoms with van der Waals surface area (Å²) in [6.45, 7) is 6.41. The maximum atomic E-state index is 13.3. The highest BCUT2D eigenvalue weighted by atomic mass is 16.1. The van der Waals surface area contributed by atoms with Gasteiger partial charge in [0.1, 0.15) is 0 Å². The maximum Gasteiger partial charge on any atom is 0.255 e. The molecule has 0 spiro atoms. The normalized spacial score (nSPS) is 20.7. The van der Waals surface area contributed by atoms with Gasteiger partial charge < -0.3 is 14.0 Å². The lowest BCUT2D eigenvalue weighted by Crippen LogP contribution is -2.47. The SMILES string of the molecule is CN(CCn1ccnc1)Cc1ccc2n(c1=O)C[C@H]1C[C@@H]2CN(Cc2ccccc2)C1. The molecule has 5 rings (SSSR count). The molecule has 3 aromatic rings. The Kier molecular flexibility index (Phi) is 5.74. The van der Waals surface area contributed by atoms with Crippen molar-refractivity contribution in [2.24, 2.45) is 5.92 Å². The predicted octanol–water partition coefficient (Wildman–Crippen LogP) is 2.80. The number of benzene rings is 1. The first-order valence-electron chi connectivity index (χ1n) is 11.3. The van der Waals surface area contributed by atoms with Gasteiger partial charge in [-0.15, -0.1) is 0 Å². The minimum Gasteiger partial charge on any atom is -0.336 e. The third-order valence-electron chi connectivity index (χ3n) is 6.75. The number of likely N-dealkylation sites (N-methyl/N-ethyl adjacent to an activating group) is 1. The number of imidazole rings is 1. The Morgan fingerprint density at radius 1 is 1.10 bits per heavy atom. The second-order valence-corrected chi connectivity index (χ2v) is 9.22. The topological polar surface area (TPSA) is 46.3 Å². The molecule has 4 heterocycles. The van der Waals surface area contributed by atoms with E-state index in [1.807, 2.05) is 12.5 Å². The first-order valence-corrected chi connectivity index (χ1v) is 11.3. The molecule has 2 aromatic heterocycles. The summed E-state index contributed by atoms with van der Waals surface area (Å²) in [7, 11) is 2.08. The summed E-state index contributed by atoms with van der Waals surface area (Å²) in [6.07, 6.45) is 6.81. The van der Waals surface area contributed by atoms with Crippen LogP contribution in [0.4, 0.5) is 0 Å². The lowest BCUT2D eigenvalue weighted by Gasteiger charge is -2.43. The molecule has 0 amide bonds. The van der Waals surface area contributed by atoms with Crippen molar-refractivity contribution in [3.8, 4) is 0 Å². The maximum absolute atomic E-state index is 13.3. The number of nitrogens with zero attached hydrogens (tertiary/aromatic N) is 5. The average Bonchev–Trinajstić information content (AvgIpc) is 3.29. The van der Waals surface area contributed by atoms with Gasteiger partial charge in [0.25, 0.3) is 5.56 Å². The van der Waals surface area contributed by atoms with Crippen LogP contribution in [0.15, 0.2) is 66.0 Å². The van der Waals surface area contributed by atoms with Crippen LogP contribution in [0.25, 0.3) is 0 Å². The van der Waals surface area contributed by atoms with E-state index in [2.05, 4.69) is 73.4 Å². The summed E-state index contributed by atoms with van der Waals surface area (Å²) in [5.74, 6) is 1.01. The number of rotatable bonds is 7. The van der Waals surface area contributed by atoms with Crippen LogP contribution in [0.2, 0.25) is 0 Å². The predicted molar refractivity (Wildman–Crippen MR) is 122 cm³/mol. The molecule has 2 atom stereocenters. The van der Waals surface area contributed by atoms with E-state index in [0.717, 1.165) is 44.8 Å². The van der Waals surface area contributed by atoms with Gasteiger partial charge in [0.2, 0.25) is 0 Å². The molecule has 31 heavy (non-hydrogen) atoms. The number of hydrogen-bond donors (Lipinski definition) is 0. The second-order valence-electron chi connectivity index (χ2n) is 9.22. The van der Waals surface area contributed by atoms with Gasteiger partial charge >= 0.3 is 0 Å². The monoisotopic (exact) mass is 417 g/mol. The number of piperidine rings is 1. The van der Waals surface area contributed by atoms with Crippen molar-refractivity contribution in [3.63, 3.8) is 0 Å². The van der Waals surface area contributed by atoms with Gasteiger partial charge in [-0.2, -0.15) is 0 Å². The van der Waals surface area contributed by atoms with Crippen molar-refractivity contribution < 1.29 is 0 Å². The van der Waals surface area contributed by atoms with Gasteiger partial charge in [0, 0.05) is 75.4 Å². The smallest absolute Gasteiger partial charge is 0.255 e. The number of hydrogen-bond acceptors (Lipinski definition) is 4. The Labute approximate surface area is 183 Å². The lowest BCUT2D eigenvalue weighted by atomic mass is 9.83. The fourth-order valence-electron chi connectivity index (χ4n) is 5.26. The van der Waals surface area contributed by atoms with Crippen LogP contribution in [-0.4, -0.2) is 50.6 Å². The van der Waals surface area contributed by atoms with Crippen LogP contribution >= 0.6 is 0 Å². The molecular formula is C25H31N5O. The minimum absolute atomic E-state index is 0.207. The lowest BCUT2D eigenvalue weighted by molar-refractivity contribution is 0.114. The zero-order chi connectivity index (χ0) is 21.2. The van der Waals surface area contributed by atoms with Crippen molar-refractivity contribution in [2.45, 2.75) is 38.5 Å². The Balaban J connectivity index is 1.27. The number of aromatic nitrogens is 3. The van der Waals surface area contributed by atoms with Gasteiger partial charge in [0.05, 0.1) is 6.33 Å². The standard InChI is InChI=1S/C25H31N5O/c1-27(11-12-28-10-9-26-19-28)17-22-7-8-24-23-13-21(16-30(24)25(22)31)15-29(18-23)14-20-5-3-2-4-6-20/h2-10,19,21,23H,11-18H2,1H3/t21-,23+/m0/s1. The largest absolute Gasteiger partial charge is 0.336 e. The van der Waals surface area contributed by atoms with Crippen LogP contribution in [0.1, 0.15) is 29.2 Å². The molecule has 162 valence electrons. The zero-order valence-corrected chi connectivity index (χ0v) is 18.2. The molecule has 1 fully saturated rings. The highest BCUT2D eigenvalue weighted by Gasteiger charge is 2.34. The van der Waals surface area contributed by atoms with E-state index in [1.165, 1.54) is 17.7 Å². The van der Waals surface area contributed by atoms with Crippen LogP contribution < -0.4 is 5.56 Å². The van der Waals surface area contributed by atoms with Gasteiger partial charge in [-0.3, -0.25) is 9.69 Å². The van der Waals surface area contributed by atoms with E-state index in [1.54, 1.807) is 6.20 Å². The summed E-state index contributed by atoms with van der Waals surface area (Å²) in [4.78, 5) is 22.2. The molecule has 0 radical (unpaired) electrons. The van der Waals surface area contributed by atoms with Crippen molar-refractivity contribution >= 4 is 0 Å². The Morgan fingerprint density at radius 3 is 2.77 bits per heavy atom. The summed E-state index contributed by atoms with van der Waals surface area (Å²) >= 11 is 0. The first-order chi connectivity index (χ1) is 15.2. The van der Waals surface area contributed by atoms with Gasteiger partial charge in [-0.05, 0) is 31.0 Å².